The Balaban J connectivity index is 1.36. The Morgan fingerprint density at radius 1 is 1.03 bits per heavy atom. The molecule has 0 radical (unpaired) electrons. The van der Waals surface area contributed by atoms with Crippen LogP contribution in [0.2, 0.25) is 0 Å². The highest BCUT2D eigenvalue weighted by atomic mass is 127. The second-order valence-electron chi connectivity index (χ2n) is 8.61. The lowest BCUT2D eigenvalue weighted by atomic mass is 9.63. The van der Waals surface area contributed by atoms with Crippen LogP contribution in [0.4, 0.5) is 0 Å². The molecule has 0 N–H and O–H groups in total. The number of nitrogens with zero attached hydrogens (tertiary/aromatic N) is 2. The summed E-state index contributed by atoms with van der Waals surface area (Å²) in [6.07, 6.45) is 7.73. The SMILES string of the molecule is CCOc1cc(/C=N\N2C(=O)[C@@H]3[C@@H](C2=O)[C@H]2C=C[C@H]3CC2)cc(I)c1OCc1ccccc1. The van der Waals surface area contributed by atoms with Crippen molar-refractivity contribution in [2.24, 2.45) is 28.8 Å². The van der Waals surface area contributed by atoms with Gasteiger partial charge in [0.2, 0.25) is 0 Å². The number of allylic oxidation sites excluding steroid dienone is 2. The summed E-state index contributed by atoms with van der Waals surface area (Å²) in [6, 6.07) is 13.7. The normalized spacial score (nSPS) is 25.7. The van der Waals surface area contributed by atoms with Crippen LogP contribution in [-0.2, 0) is 16.2 Å². The van der Waals surface area contributed by atoms with Crippen LogP contribution in [0.15, 0.2) is 59.7 Å². The van der Waals surface area contributed by atoms with Crippen molar-refractivity contribution in [3.63, 3.8) is 0 Å². The van der Waals surface area contributed by atoms with Gasteiger partial charge in [-0.2, -0.15) is 10.1 Å². The summed E-state index contributed by atoms with van der Waals surface area (Å²) in [6.45, 7) is 2.83. The van der Waals surface area contributed by atoms with E-state index in [9.17, 15) is 9.59 Å². The average molecular weight is 556 g/mol. The standard InChI is InChI=1S/C26H25IN2O4/c1-2-32-21-13-17(12-20(27)24(21)33-15-16-6-4-3-5-7-16)14-28-29-25(30)22-18-8-9-19(11-10-18)23(22)26(29)31/h3-9,12-14,18-19,22-23H,2,10-11,15H2,1H3/b28-14-/t18-,19-,22-,23-/m0/s1. The van der Waals surface area contributed by atoms with Crippen LogP contribution in [0.3, 0.4) is 0 Å². The average Bonchev–Trinajstić information content (AvgIpc) is 3.10. The van der Waals surface area contributed by atoms with Crippen molar-refractivity contribution in [2.75, 3.05) is 6.61 Å². The van der Waals surface area contributed by atoms with E-state index in [1.807, 2.05) is 49.4 Å². The third kappa shape index (κ3) is 4.18. The lowest BCUT2D eigenvalue weighted by molar-refractivity contribution is -0.140. The topological polar surface area (TPSA) is 68.2 Å². The van der Waals surface area contributed by atoms with E-state index in [0.29, 0.717) is 24.7 Å². The quantitative estimate of drug-likeness (QED) is 0.213. The predicted octanol–water partition coefficient (Wildman–Crippen LogP) is 4.80. The Bertz CT molecular complexity index is 1100. The van der Waals surface area contributed by atoms with Crippen LogP contribution in [-0.4, -0.2) is 29.6 Å². The smallest absolute Gasteiger partial charge is 0.254 e. The van der Waals surface area contributed by atoms with Crippen molar-refractivity contribution >= 4 is 40.6 Å². The Kier molecular flexibility index (Phi) is 6.23. The van der Waals surface area contributed by atoms with Gasteiger partial charge < -0.3 is 9.47 Å². The lowest BCUT2D eigenvalue weighted by Gasteiger charge is -2.37. The van der Waals surface area contributed by atoms with Gasteiger partial charge in [0, 0.05) is 0 Å². The number of hydrazone groups is 1. The molecule has 0 spiro atoms. The van der Waals surface area contributed by atoms with E-state index in [2.05, 4.69) is 39.8 Å². The number of carbonyl (C=O) groups is 2. The molecule has 1 saturated heterocycles. The number of imide groups is 1. The molecule has 0 unspecified atom stereocenters. The molecule has 33 heavy (non-hydrogen) atoms. The van der Waals surface area contributed by atoms with E-state index < -0.39 is 0 Å². The van der Waals surface area contributed by atoms with Crippen molar-refractivity contribution in [1.29, 1.82) is 0 Å². The maximum absolute atomic E-state index is 13.0. The highest BCUT2D eigenvalue weighted by Crippen LogP contribution is 2.49. The Morgan fingerprint density at radius 3 is 2.30 bits per heavy atom. The first kappa shape index (κ1) is 22.1. The van der Waals surface area contributed by atoms with Crippen LogP contribution in [0.25, 0.3) is 0 Å². The van der Waals surface area contributed by atoms with Gasteiger partial charge in [-0.3, -0.25) is 9.59 Å². The number of rotatable bonds is 7. The monoisotopic (exact) mass is 556 g/mol. The van der Waals surface area contributed by atoms with Crippen molar-refractivity contribution in [3.05, 3.63) is 69.3 Å². The highest BCUT2D eigenvalue weighted by Gasteiger charge is 2.56. The number of fused-ring (bicyclic) bond motifs is 1. The van der Waals surface area contributed by atoms with Gasteiger partial charge in [-0.25, -0.2) is 0 Å². The third-order valence-electron chi connectivity index (χ3n) is 6.62. The molecular formula is C26H25IN2O4. The fraction of sp³-hybridized carbons (Fsp3) is 0.346. The number of hydrogen-bond donors (Lipinski definition) is 0. The zero-order valence-electron chi connectivity index (χ0n) is 18.3. The predicted molar refractivity (Wildman–Crippen MR) is 133 cm³/mol. The molecule has 4 aliphatic rings. The molecule has 1 saturated carbocycles. The Morgan fingerprint density at radius 2 is 1.70 bits per heavy atom. The van der Waals surface area contributed by atoms with Gasteiger partial charge in [-0.05, 0) is 77.5 Å². The number of amides is 2. The summed E-state index contributed by atoms with van der Waals surface area (Å²) in [7, 11) is 0. The zero-order valence-corrected chi connectivity index (χ0v) is 20.5. The fourth-order valence-corrected chi connectivity index (χ4v) is 5.87. The minimum atomic E-state index is -0.258. The summed E-state index contributed by atoms with van der Waals surface area (Å²) < 4.78 is 12.8. The lowest BCUT2D eigenvalue weighted by Crippen LogP contribution is -2.38. The first-order valence-electron chi connectivity index (χ1n) is 11.3. The van der Waals surface area contributed by atoms with Crippen molar-refractivity contribution in [3.8, 4) is 11.5 Å². The van der Waals surface area contributed by atoms with Crippen molar-refractivity contribution in [1.82, 2.24) is 5.01 Å². The van der Waals surface area contributed by atoms with Crippen LogP contribution in [0.5, 0.6) is 11.5 Å². The molecule has 1 heterocycles. The van der Waals surface area contributed by atoms with Crippen LogP contribution >= 0.6 is 22.6 Å². The molecule has 2 fully saturated rings. The van der Waals surface area contributed by atoms with Gasteiger partial charge in [0.05, 0.1) is 28.2 Å². The van der Waals surface area contributed by atoms with Gasteiger partial charge in [0.25, 0.3) is 11.8 Å². The molecule has 4 atom stereocenters. The van der Waals surface area contributed by atoms with Gasteiger partial charge in [0.15, 0.2) is 11.5 Å². The molecule has 3 aliphatic carbocycles. The van der Waals surface area contributed by atoms with Crippen molar-refractivity contribution < 1.29 is 19.1 Å². The molecule has 2 amide bonds. The Hall–Kier alpha value is -2.68. The third-order valence-corrected chi connectivity index (χ3v) is 7.42. The second-order valence-corrected chi connectivity index (χ2v) is 9.77. The summed E-state index contributed by atoms with van der Waals surface area (Å²) in [4.78, 5) is 26.0. The van der Waals surface area contributed by atoms with Crippen LogP contribution in [0, 0.1) is 27.2 Å². The maximum atomic E-state index is 13.0. The fourth-order valence-electron chi connectivity index (χ4n) is 5.09. The van der Waals surface area contributed by atoms with Gasteiger partial charge in [-0.15, -0.1) is 0 Å². The molecule has 6 rings (SSSR count). The van der Waals surface area contributed by atoms with Crippen LogP contribution < -0.4 is 9.47 Å². The van der Waals surface area contributed by atoms with Gasteiger partial charge >= 0.3 is 0 Å². The summed E-state index contributed by atoms with van der Waals surface area (Å²) in [5.74, 6) is 0.715. The second kappa shape index (κ2) is 9.29. The molecule has 2 aromatic carbocycles. The highest BCUT2D eigenvalue weighted by molar-refractivity contribution is 14.1. The number of carbonyl (C=O) groups excluding carboxylic acids is 2. The van der Waals surface area contributed by atoms with E-state index in [1.165, 1.54) is 0 Å². The first-order valence-corrected chi connectivity index (χ1v) is 12.4. The van der Waals surface area contributed by atoms with Gasteiger partial charge in [-0.1, -0.05) is 42.5 Å². The van der Waals surface area contributed by atoms with Gasteiger partial charge in [0.1, 0.15) is 6.61 Å². The van der Waals surface area contributed by atoms with E-state index in [-0.39, 0.29) is 35.5 Å². The number of benzene rings is 2. The molecule has 2 bridgehead atoms. The molecule has 170 valence electrons. The number of halogens is 1. The van der Waals surface area contributed by atoms with E-state index >= 15 is 0 Å². The molecule has 7 heteroatoms. The summed E-state index contributed by atoms with van der Waals surface area (Å²) in [5.41, 5.74) is 1.81. The molecule has 1 aliphatic heterocycles. The molecule has 0 aromatic heterocycles. The van der Waals surface area contributed by atoms with Crippen molar-refractivity contribution in [2.45, 2.75) is 26.4 Å². The largest absolute Gasteiger partial charge is 0.490 e. The summed E-state index contributed by atoms with van der Waals surface area (Å²) in [5, 5.41) is 5.41. The maximum Gasteiger partial charge on any atom is 0.254 e. The molecule has 2 aromatic rings. The Labute approximate surface area is 206 Å². The number of hydrogen-bond acceptors (Lipinski definition) is 5. The van der Waals surface area contributed by atoms with E-state index in [4.69, 9.17) is 9.47 Å². The van der Waals surface area contributed by atoms with E-state index in [1.54, 1.807) is 6.21 Å². The zero-order chi connectivity index (χ0) is 22.9. The van der Waals surface area contributed by atoms with E-state index in [0.717, 1.165) is 32.5 Å². The molecular weight excluding hydrogens is 531 g/mol. The minimum absolute atomic E-state index is 0.156. The molecule has 6 nitrogen and oxygen atoms in total. The number of ether oxygens (including phenoxy) is 2. The van der Waals surface area contributed by atoms with Crippen LogP contribution in [0.1, 0.15) is 30.9 Å². The summed E-state index contributed by atoms with van der Waals surface area (Å²) >= 11 is 2.21. The minimum Gasteiger partial charge on any atom is -0.490 e. The first-order chi connectivity index (χ1) is 16.1.